The lowest BCUT2D eigenvalue weighted by molar-refractivity contribution is -0.127. The SMILES string of the molecule is CC(=O)N1CC[C@H](CN(C)Cc2ccc(Br)o2)C1. The first-order valence-electron chi connectivity index (χ1n) is 6.23. The Hall–Kier alpha value is -0.810. The van der Waals surface area contributed by atoms with Crippen LogP contribution in [-0.2, 0) is 11.3 Å². The summed E-state index contributed by atoms with van der Waals surface area (Å²) in [4.78, 5) is 15.4. The highest BCUT2D eigenvalue weighted by Gasteiger charge is 2.25. The number of hydrogen-bond acceptors (Lipinski definition) is 3. The molecular weight excluding hydrogens is 296 g/mol. The molecule has 1 aliphatic heterocycles. The number of amides is 1. The first-order chi connectivity index (χ1) is 8.54. The lowest BCUT2D eigenvalue weighted by atomic mass is 10.1. The molecule has 100 valence electrons. The lowest BCUT2D eigenvalue weighted by Gasteiger charge is -2.20. The summed E-state index contributed by atoms with van der Waals surface area (Å²) in [6.45, 7) is 5.25. The zero-order valence-corrected chi connectivity index (χ0v) is 12.4. The van der Waals surface area contributed by atoms with Crippen molar-refractivity contribution in [2.24, 2.45) is 5.92 Å². The summed E-state index contributed by atoms with van der Waals surface area (Å²) in [6.07, 6.45) is 1.10. The number of carbonyl (C=O) groups is 1. The molecule has 1 aromatic rings. The van der Waals surface area contributed by atoms with Crippen LogP contribution in [0.3, 0.4) is 0 Å². The summed E-state index contributed by atoms with van der Waals surface area (Å²) in [5, 5.41) is 0. The van der Waals surface area contributed by atoms with E-state index in [0.29, 0.717) is 5.92 Å². The van der Waals surface area contributed by atoms with Gasteiger partial charge in [0.1, 0.15) is 5.76 Å². The quantitative estimate of drug-likeness (QED) is 0.856. The fourth-order valence-corrected chi connectivity index (χ4v) is 2.82. The van der Waals surface area contributed by atoms with Gasteiger partial charge in [-0.15, -0.1) is 0 Å². The van der Waals surface area contributed by atoms with E-state index in [0.717, 1.165) is 43.0 Å². The van der Waals surface area contributed by atoms with Gasteiger partial charge in [-0.1, -0.05) is 0 Å². The van der Waals surface area contributed by atoms with Crippen LogP contribution in [0, 0.1) is 5.92 Å². The number of furan rings is 1. The first kappa shape index (κ1) is 13.6. The number of nitrogens with zero attached hydrogens (tertiary/aromatic N) is 2. The maximum absolute atomic E-state index is 11.3. The molecule has 2 heterocycles. The second-order valence-corrected chi connectivity index (χ2v) is 5.80. The van der Waals surface area contributed by atoms with Crippen molar-refractivity contribution < 1.29 is 9.21 Å². The molecule has 1 aromatic heterocycles. The molecule has 18 heavy (non-hydrogen) atoms. The monoisotopic (exact) mass is 314 g/mol. The number of likely N-dealkylation sites (tertiary alicyclic amines) is 1. The van der Waals surface area contributed by atoms with Gasteiger partial charge >= 0.3 is 0 Å². The van der Waals surface area contributed by atoms with Crippen molar-refractivity contribution in [2.75, 3.05) is 26.7 Å². The Kier molecular flexibility index (Phi) is 4.45. The molecule has 1 saturated heterocycles. The van der Waals surface area contributed by atoms with Crippen molar-refractivity contribution in [3.63, 3.8) is 0 Å². The smallest absolute Gasteiger partial charge is 0.219 e. The van der Waals surface area contributed by atoms with E-state index in [1.54, 1.807) is 6.92 Å². The van der Waals surface area contributed by atoms with E-state index in [1.807, 2.05) is 17.0 Å². The minimum absolute atomic E-state index is 0.190. The van der Waals surface area contributed by atoms with Crippen molar-refractivity contribution in [1.82, 2.24) is 9.80 Å². The van der Waals surface area contributed by atoms with Crippen molar-refractivity contribution in [2.45, 2.75) is 19.9 Å². The van der Waals surface area contributed by atoms with Crippen LogP contribution in [0.15, 0.2) is 21.2 Å². The Balaban J connectivity index is 1.78. The van der Waals surface area contributed by atoms with Crippen molar-refractivity contribution in [3.8, 4) is 0 Å². The molecular formula is C13H19BrN2O2. The van der Waals surface area contributed by atoms with Crippen LogP contribution in [0.25, 0.3) is 0 Å². The summed E-state index contributed by atoms with van der Waals surface area (Å²) < 4.78 is 6.26. The third-order valence-electron chi connectivity index (χ3n) is 3.36. The predicted octanol–water partition coefficient (Wildman–Crippen LogP) is 2.34. The van der Waals surface area contributed by atoms with Gasteiger partial charge in [0.25, 0.3) is 0 Å². The van der Waals surface area contributed by atoms with Crippen LogP contribution >= 0.6 is 15.9 Å². The van der Waals surface area contributed by atoms with Crippen LogP contribution in [0.1, 0.15) is 19.1 Å². The van der Waals surface area contributed by atoms with Gasteiger partial charge in [-0.05, 0) is 47.4 Å². The highest BCUT2D eigenvalue weighted by atomic mass is 79.9. The molecule has 0 spiro atoms. The van der Waals surface area contributed by atoms with Gasteiger partial charge < -0.3 is 9.32 Å². The van der Waals surface area contributed by atoms with E-state index in [1.165, 1.54) is 0 Å². The normalized spacial score (nSPS) is 19.8. The van der Waals surface area contributed by atoms with Gasteiger partial charge in [0.05, 0.1) is 6.54 Å². The lowest BCUT2D eigenvalue weighted by Crippen LogP contribution is -2.30. The Morgan fingerprint density at radius 2 is 2.39 bits per heavy atom. The molecule has 2 rings (SSSR count). The summed E-state index contributed by atoms with van der Waals surface area (Å²) in [7, 11) is 2.09. The summed E-state index contributed by atoms with van der Waals surface area (Å²) in [5.74, 6) is 1.73. The molecule has 0 radical (unpaired) electrons. The number of hydrogen-bond donors (Lipinski definition) is 0. The Morgan fingerprint density at radius 3 is 2.94 bits per heavy atom. The van der Waals surface area contributed by atoms with Gasteiger partial charge in [0, 0.05) is 26.6 Å². The fourth-order valence-electron chi connectivity index (χ4n) is 2.48. The molecule has 1 amide bonds. The molecule has 0 aromatic carbocycles. The zero-order chi connectivity index (χ0) is 13.1. The molecule has 0 saturated carbocycles. The Bertz CT molecular complexity index is 419. The topological polar surface area (TPSA) is 36.7 Å². The van der Waals surface area contributed by atoms with Crippen LogP contribution in [0.4, 0.5) is 0 Å². The van der Waals surface area contributed by atoms with Crippen molar-refractivity contribution in [3.05, 3.63) is 22.6 Å². The molecule has 4 nitrogen and oxygen atoms in total. The molecule has 0 aliphatic carbocycles. The van der Waals surface area contributed by atoms with E-state index >= 15 is 0 Å². The highest BCUT2D eigenvalue weighted by Crippen LogP contribution is 2.19. The van der Waals surface area contributed by atoms with Crippen LogP contribution in [0.2, 0.25) is 0 Å². The largest absolute Gasteiger partial charge is 0.453 e. The number of halogens is 1. The number of rotatable bonds is 4. The minimum atomic E-state index is 0.190. The van der Waals surface area contributed by atoms with E-state index in [9.17, 15) is 4.79 Å². The van der Waals surface area contributed by atoms with E-state index in [-0.39, 0.29) is 5.91 Å². The van der Waals surface area contributed by atoms with Gasteiger partial charge in [0.15, 0.2) is 4.67 Å². The Morgan fingerprint density at radius 1 is 1.61 bits per heavy atom. The van der Waals surface area contributed by atoms with E-state index in [4.69, 9.17) is 4.42 Å². The third kappa shape index (κ3) is 3.59. The maximum atomic E-state index is 11.3. The molecule has 0 bridgehead atoms. The molecule has 1 atom stereocenters. The predicted molar refractivity (Wildman–Crippen MR) is 73.1 cm³/mol. The van der Waals surface area contributed by atoms with Gasteiger partial charge in [-0.2, -0.15) is 0 Å². The zero-order valence-electron chi connectivity index (χ0n) is 10.9. The summed E-state index contributed by atoms with van der Waals surface area (Å²) >= 11 is 3.30. The average molecular weight is 315 g/mol. The molecule has 0 N–H and O–H groups in total. The summed E-state index contributed by atoms with van der Waals surface area (Å²) in [5.41, 5.74) is 0. The average Bonchev–Trinajstić information content (AvgIpc) is 2.88. The molecule has 1 aliphatic rings. The Labute approximate surface area is 116 Å². The maximum Gasteiger partial charge on any atom is 0.219 e. The van der Waals surface area contributed by atoms with Gasteiger partial charge in [-0.25, -0.2) is 0 Å². The fraction of sp³-hybridized carbons (Fsp3) is 0.615. The second-order valence-electron chi connectivity index (χ2n) is 5.02. The highest BCUT2D eigenvalue weighted by molar-refractivity contribution is 9.10. The minimum Gasteiger partial charge on any atom is -0.453 e. The van der Waals surface area contributed by atoms with Crippen molar-refractivity contribution >= 4 is 21.8 Å². The van der Waals surface area contributed by atoms with E-state index < -0.39 is 0 Å². The van der Waals surface area contributed by atoms with Crippen molar-refractivity contribution in [1.29, 1.82) is 0 Å². The third-order valence-corrected chi connectivity index (χ3v) is 3.78. The first-order valence-corrected chi connectivity index (χ1v) is 7.02. The van der Waals surface area contributed by atoms with E-state index in [2.05, 4.69) is 27.9 Å². The van der Waals surface area contributed by atoms with Crippen LogP contribution < -0.4 is 0 Å². The molecule has 0 unspecified atom stereocenters. The van der Waals surface area contributed by atoms with Crippen LogP contribution in [-0.4, -0.2) is 42.4 Å². The molecule has 5 heteroatoms. The van der Waals surface area contributed by atoms with Crippen LogP contribution in [0.5, 0.6) is 0 Å². The number of carbonyl (C=O) groups excluding carboxylic acids is 1. The van der Waals surface area contributed by atoms with Gasteiger partial charge in [0.2, 0.25) is 5.91 Å². The molecule has 1 fully saturated rings. The van der Waals surface area contributed by atoms with Gasteiger partial charge in [-0.3, -0.25) is 9.69 Å². The standard InChI is InChI=1S/C13H19BrN2O2/c1-10(17)16-6-5-11(8-16)7-15(2)9-12-3-4-13(14)18-12/h3-4,11H,5-9H2,1-2H3/t11-/m1/s1. The second kappa shape index (κ2) is 5.89. The summed E-state index contributed by atoms with van der Waals surface area (Å²) in [6, 6.07) is 3.90.